The molecule has 4 rings (SSSR count). The monoisotopic (exact) mass is 403 g/mol. The van der Waals surface area contributed by atoms with Crippen LogP contribution in [-0.4, -0.2) is 38.8 Å². The van der Waals surface area contributed by atoms with Gasteiger partial charge in [0.25, 0.3) is 0 Å². The van der Waals surface area contributed by atoms with Crippen LogP contribution in [0.15, 0.2) is 66.7 Å². The smallest absolute Gasteiger partial charge is 0.119 e. The van der Waals surface area contributed by atoms with Gasteiger partial charge in [0, 0.05) is 6.54 Å². The highest BCUT2D eigenvalue weighted by Gasteiger charge is 2.32. The molecule has 0 radical (unpaired) electrons. The number of fused-ring (bicyclic) bond motifs is 1. The van der Waals surface area contributed by atoms with Crippen molar-refractivity contribution < 1.29 is 9.47 Å². The third-order valence-electron chi connectivity index (χ3n) is 6.36. The molecule has 3 aromatic carbocycles. The van der Waals surface area contributed by atoms with Crippen molar-refractivity contribution in [2.45, 2.75) is 37.9 Å². The molecule has 0 heterocycles. The molecule has 3 unspecified atom stereocenters. The minimum atomic E-state index is 0.322. The predicted molar refractivity (Wildman–Crippen MR) is 124 cm³/mol. The van der Waals surface area contributed by atoms with Crippen LogP contribution in [-0.2, 0) is 11.3 Å². The topological polar surface area (TPSA) is 21.7 Å². The zero-order valence-electron chi connectivity index (χ0n) is 18.4. The lowest BCUT2D eigenvalue weighted by Gasteiger charge is -2.38. The summed E-state index contributed by atoms with van der Waals surface area (Å²) in [5.41, 5.74) is 2.65. The third-order valence-corrected chi connectivity index (χ3v) is 6.36. The highest BCUT2D eigenvalue weighted by molar-refractivity contribution is 5.82. The molecule has 1 fully saturated rings. The molecule has 1 aliphatic carbocycles. The highest BCUT2D eigenvalue weighted by Crippen LogP contribution is 2.40. The van der Waals surface area contributed by atoms with Crippen molar-refractivity contribution in [1.29, 1.82) is 0 Å². The molecule has 30 heavy (non-hydrogen) atoms. The Labute approximate surface area is 180 Å². The van der Waals surface area contributed by atoms with Crippen molar-refractivity contribution >= 4 is 10.8 Å². The molecule has 1 saturated carbocycles. The van der Waals surface area contributed by atoms with Crippen LogP contribution in [0.4, 0.5) is 0 Å². The SMILES string of the molecule is COc1cccc(C2CCC(OCc3ccc4ccccc4c3)CC2CN(C)C)c1. The van der Waals surface area contributed by atoms with Gasteiger partial charge in [0.2, 0.25) is 0 Å². The Hall–Kier alpha value is -2.36. The molecule has 0 aromatic heterocycles. The Morgan fingerprint density at radius 2 is 1.73 bits per heavy atom. The number of ether oxygens (including phenoxy) is 2. The third kappa shape index (κ3) is 5.03. The van der Waals surface area contributed by atoms with Crippen LogP contribution in [0.25, 0.3) is 10.8 Å². The lowest BCUT2D eigenvalue weighted by molar-refractivity contribution is -0.00685. The van der Waals surface area contributed by atoms with Crippen LogP contribution in [0, 0.1) is 5.92 Å². The summed E-state index contributed by atoms with van der Waals surface area (Å²) in [5, 5.41) is 2.57. The van der Waals surface area contributed by atoms with Crippen molar-refractivity contribution in [2.24, 2.45) is 5.92 Å². The Balaban J connectivity index is 1.43. The normalized spacial score (nSPS) is 21.8. The molecule has 0 bridgehead atoms. The molecule has 0 N–H and O–H groups in total. The molecule has 3 heteroatoms. The van der Waals surface area contributed by atoms with Crippen LogP contribution in [0.3, 0.4) is 0 Å². The van der Waals surface area contributed by atoms with Crippen molar-refractivity contribution in [3.63, 3.8) is 0 Å². The van der Waals surface area contributed by atoms with Gasteiger partial charge in [0.05, 0.1) is 19.8 Å². The van der Waals surface area contributed by atoms with Crippen LogP contribution >= 0.6 is 0 Å². The summed E-state index contributed by atoms with van der Waals surface area (Å²) in [5.74, 6) is 2.09. The lowest BCUT2D eigenvalue weighted by atomic mass is 9.74. The molecule has 3 atom stereocenters. The average molecular weight is 404 g/mol. The van der Waals surface area contributed by atoms with Crippen molar-refractivity contribution in [2.75, 3.05) is 27.7 Å². The number of nitrogens with zero attached hydrogens (tertiary/aromatic N) is 1. The first kappa shape index (κ1) is 20.9. The van der Waals surface area contributed by atoms with Gasteiger partial charge in [-0.15, -0.1) is 0 Å². The summed E-state index contributed by atoms with van der Waals surface area (Å²) >= 11 is 0. The fourth-order valence-corrected chi connectivity index (χ4v) is 4.90. The number of methoxy groups -OCH3 is 1. The molecule has 0 amide bonds. The molecular formula is C27H33NO2. The maximum Gasteiger partial charge on any atom is 0.119 e. The number of hydrogen-bond acceptors (Lipinski definition) is 3. The van der Waals surface area contributed by atoms with Gasteiger partial charge in [0.1, 0.15) is 5.75 Å². The Morgan fingerprint density at radius 1 is 0.900 bits per heavy atom. The van der Waals surface area contributed by atoms with Crippen LogP contribution in [0.2, 0.25) is 0 Å². The number of hydrogen-bond donors (Lipinski definition) is 0. The molecular weight excluding hydrogens is 370 g/mol. The highest BCUT2D eigenvalue weighted by atomic mass is 16.5. The van der Waals surface area contributed by atoms with Crippen LogP contribution < -0.4 is 4.74 Å². The van der Waals surface area contributed by atoms with Gasteiger partial charge >= 0.3 is 0 Å². The van der Waals surface area contributed by atoms with Crippen molar-refractivity contribution in [3.05, 3.63) is 77.9 Å². The van der Waals surface area contributed by atoms with E-state index in [9.17, 15) is 0 Å². The summed E-state index contributed by atoms with van der Waals surface area (Å²) in [4.78, 5) is 2.31. The summed E-state index contributed by atoms with van der Waals surface area (Å²) < 4.78 is 11.9. The molecule has 3 aromatic rings. The van der Waals surface area contributed by atoms with E-state index in [0.29, 0.717) is 24.5 Å². The van der Waals surface area contributed by atoms with Gasteiger partial charge in [-0.05, 0) is 85.3 Å². The van der Waals surface area contributed by atoms with Crippen molar-refractivity contribution in [1.82, 2.24) is 4.90 Å². The van der Waals surface area contributed by atoms with E-state index < -0.39 is 0 Å². The lowest BCUT2D eigenvalue weighted by Crippen LogP contribution is -2.34. The van der Waals surface area contributed by atoms with Gasteiger partial charge in [0.15, 0.2) is 0 Å². The van der Waals surface area contributed by atoms with E-state index in [2.05, 4.69) is 79.7 Å². The zero-order valence-corrected chi connectivity index (χ0v) is 18.4. The molecule has 0 aliphatic heterocycles. The van der Waals surface area contributed by atoms with Gasteiger partial charge < -0.3 is 14.4 Å². The van der Waals surface area contributed by atoms with Gasteiger partial charge in [-0.2, -0.15) is 0 Å². The maximum atomic E-state index is 6.42. The maximum absolute atomic E-state index is 6.42. The summed E-state index contributed by atoms with van der Waals surface area (Å²) in [6.07, 6.45) is 3.70. The minimum absolute atomic E-state index is 0.322. The molecule has 3 nitrogen and oxygen atoms in total. The Bertz CT molecular complexity index is 968. The first-order chi connectivity index (χ1) is 14.6. The minimum Gasteiger partial charge on any atom is -0.497 e. The number of rotatable bonds is 7. The van der Waals surface area contributed by atoms with E-state index in [1.165, 1.54) is 21.9 Å². The fraction of sp³-hybridized carbons (Fsp3) is 0.407. The predicted octanol–water partition coefficient (Wildman–Crippen LogP) is 5.88. The largest absolute Gasteiger partial charge is 0.497 e. The standard InChI is InChI=1S/C27H33NO2/c1-28(2)18-24-17-26(13-14-27(24)23-9-6-10-25(16-23)29-3)30-19-20-11-12-21-7-4-5-8-22(21)15-20/h4-12,15-16,24,26-27H,13-14,17-19H2,1-3H3. The van der Waals surface area contributed by atoms with E-state index in [0.717, 1.165) is 31.6 Å². The van der Waals surface area contributed by atoms with E-state index in [-0.39, 0.29) is 0 Å². The average Bonchev–Trinajstić information content (AvgIpc) is 2.77. The number of benzene rings is 3. The quantitative estimate of drug-likeness (QED) is 0.492. The van der Waals surface area contributed by atoms with E-state index in [4.69, 9.17) is 9.47 Å². The summed E-state index contributed by atoms with van der Waals surface area (Å²) in [6, 6.07) is 23.8. The second-order valence-corrected chi connectivity index (χ2v) is 8.83. The Kier molecular flexibility index (Phi) is 6.71. The fourth-order valence-electron chi connectivity index (χ4n) is 4.90. The first-order valence-electron chi connectivity index (χ1n) is 11.0. The summed E-state index contributed by atoms with van der Waals surface area (Å²) in [6.45, 7) is 1.77. The van der Waals surface area contributed by atoms with Crippen LogP contribution in [0.5, 0.6) is 5.75 Å². The van der Waals surface area contributed by atoms with Gasteiger partial charge in [-0.25, -0.2) is 0 Å². The molecule has 0 spiro atoms. The molecule has 158 valence electrons. The molecule has 1 aliphatic rings. The van der Waals surface area contributed by atoms with Gasteiger partial charge in [-0.1, -0.05) is 48.5 Å². The van der Waals surface area contributed by atoms with Crippen molar-refractivity contribution in [3.8, 4) is 5.75 Å². The van der Waals surface area contributed by atoms with E-state index in [1.807, 2.05) is 6.07 Å². The zero-order chi connectivity index (χ0) is 20.9. The second-order valence-electron chi connectivity index (χ2n) is 8.83. The second kappa shape index (κ2) is 9.63. The molecule has 0 saturated heterocycles. The van der Waals surface area contributed by atoms with E-state index in [1.54, 1.807) is 7.11 Å². The Morgan fingerprint density at radius 3 is 2.53 bits per heavy atom. The van der Waals surface area contributed by atoms with E-state index >= 15 is 0 Å². The van der Waals surface area contributed by atoms with Crippen LogP contribution in [0.1, 0.15) is 36.3 Å². The first-order valence-corrected chi connectivity index (χ1v) is 11.0. The summed E-state index contributed by atoms with van der Waals surface area (Å²) in [7, 11) is 6.08. The van der Waals surface area contributed by atoms with Gasteiger partial charge in [-0.3, -0.25) is 0 Å².